The van der Waals surface area contributed by atoms with Gasteiger partial charge in [-0.3, -0.25) is 0 Å². The van der Waals surface area contributed by atoms with Crippen molar-refractivity contribution in [3.63, 3.8) is 0 Å². The minimum atomic E-state index is -0.215. The molecule has 4 heteroatoms. The van der Waals surface area contributed by atoms with Crippen LogP contribution in [0.1, 0.15) is 12.0 Å². The Kier molecular flexibility index (Phi) is 5.06. The van der Waals surface area contributed by atoms with E-state index in [1.165, 1.54) is 12.1 Å². The largest absolute Gasteiger partial charge is 0.490 e. The molecule has 0 aliphatic rings. The van der Waals surface area contributed by atoms with E-state index in [0.717, 1.165) is 18.4 Å². The quantitative estimate of drug-likeness (QED) is 0.694. The average Bonchev–Trinajstić information content (AvgIpc) is 2.37. The number of halogens is 3. The monoisotopic (exact) mass is 298 g/mol. The van der Waals surface area contributed by atoms with Crippen molar-refractivity contribution in [2.24, 2.45) is 0 Å². The Morgan fingerprint density at radius 2 is 1.68 bits per heavy atom. The summed E-state index contributed by atoms with van der Waals surface area (Å²) in [6.07, 6.45) is 1.52. The molecule has 0 radical (unpaired) electrons. The molecule has 0 bridgehead atoms. The normalized spacial score (nSPS) is 10.5. The van der Waals surface area contributed by atoms with Crippen molar-refractivity contribution < 1.29 is 9.13 Å². The highest BCUT2D eigenvalue weighted by Crippen LogP contribution is 2.32. The summed E-state index contributed by atoms with van der Waals surface area (Å²) >= 11 is 12.0. The molecule has 0 saturated carbocycles. The molecule has 0 aromatic heterocycles. The maximum Gasteiger partial charge on any atom is 0.156 e. The van der Waals surface area contributed by atoms with Crippen LogP contribution in [0.25, 0.3) is 0 Å². The number of aryl methyl sites for hydroxylation is 1. The Balaban J connectivity index is 1.84. The van der Waals surface area contributed by atoms with Crippen LogP contribution in [-0.4, -0.2) is 6.61 Å². The van der Waals surface area contributed by atoms with Gasteiger partial charge in [0.05, 0.1) is 16.7 Å². The van der Waals surface area contributed by atoms with Crippen LogP contribution < -0.4 is 4.74 Å². The van der Waals surface area contributed by atoms with Crippen LogP contribution in [0.4, 0.5) is 4.39 Å². The van der Waals surface area contributed by atoms with Crippen LogP contribution in [0.3, 0.4) is 0 Å². The summed E-state index contributed by atoms with van der Waals surface area (Å²) in [6.45, 7) is 0.486. The molecule has 0 aliphatic carbocycles. The molecule has 0 amide bonds. The van der Waals surface area contributed by atoms with Crippen LogP contribution >= 0.6 is 23.2 Å². The Morgan fingerprint density at radius 1 is 1.00 bits per heavy atom. The van der Waals surface area contributed by atoms with Gasteiger partial charge in [0.25, 0.3) is 0 Å². The molecule has 0 fully saturated rings. The predicted octanol–water partition coefficient (Wildman–Crippen LogP) is 5.14. The summed E-state index contributed by atoms with van der Waals surface area (Å²) in [4.78, 5) is 0. The first kappa shape index (κ1) is 14.2. The van der Waals surface area contributed by atoms with E-state index >= 15 is 0 Å². The fourth-order valence-corrected chi connectivity index (χ4v) is 2.27. The Hall–Kier alpha value is -1.25. The number of ether oxygens (including phenoxy) is 1. The van der Waals surface area contributed by atoms with E-state index in [0.29, 0.717) is 22.4 Å². The summed E-state index contributed by atoms with van der Waals surface area (Å²) in [5.41, 5.74) is 0.953. The third-order valence-corrected chi connectivity index (χ3v) is 3.26. The van der Waals surface area contributed by atoms with Crippen LogP contribution in [-0.2, 0) is 6.42 Å². The first-order valence-electron chi connectivity index (χ1n) is 5.98. The van der Waals surface area contributed by atoms with Gasteiger partial charge in [0.15, 0.2) is 5.75 Å². The highest BCUT2D eigenvalue weighted by Gasteiger charge is 2.06. The fourth-order valence-electron chi connectivity index (χ4n) is 1.76. The summed E-state index contributed by atoms with van der Waals surface area (Å²) < 4.78 is 18.5. The van der Waals surface area contributed by atoms with E-state index in [-0.39, 0.29) is 5.82 Å². The van der Waals surface area contributed by atoms with Gasteiger partial charge in [0.2, 0.25) is 0 Å². The van der Waals surface area contributed by atoms with Crippen LogP contribution in [0.2, 0.25) is 10.0 Å². The Bertz CT molecular complexity index is 537. The lowest BCUT2D eigenvalue weighted by Crippen LogP contribution is -2.00. The lowest BCUT2D eigenvalue weighted by atomic mass is 10.1. The van der Waals surface area contributed by atoms with Gasteiger partial charge in [0, 0.05) is 0 Å². The number of benzene rings is 2. The molecule has 100 valence electrons. The van der Waals surface area contributed by atoms with Crippen LogP contribution in [0.15, 0.2) is 42.5 Å². The van der Waals surface area contributed by atoms with Crippen molar-refractivity contribution in [2.75, 3.05) is 6.61 Å². The Morgan fingerprint density at radius 3 is 2.37 bits per heavy atom. The molecule has 0 spiro atoms. The molecule has 2 rings (SSSR count). The number of hydrogen-bond acceptors (Lipinski definition) is 1. The van der Waals surface area contributed by atoms with E-state index in [2.05, 4.69) is 0 Å². The van der Waals surface area contributed by atoms with Crippen molar-refractivity contribution in [1.82, 2.24) is 0 Å². The number of rotatable bonds is 5. The SMILES string of the molecule is Fc1cccc(CCCOc2c(Cl)cccc2Cl)c1. The summed E-state index contributed by atoms with van der Waals surface area (Å²) in [7, 11) is 0. The van der Waals surface area contributed by atoms with Gasteiger partial charge in [-0.2, -0.15) is 0 Å². The number of para-hydroxylation sites is 1. The molecule has 2 aromatic carbocycles. The molecule has 1 nitrogen and oxygen atoms in total. The lowest BCUT2D eigenvalue weighted by molar-refractivity contribution is 0.311. The highest BCUT2D eigenvalue weighted by molar-refractivity contribution is 6.37. The van der Waals surface area contributed by atoms with E-state index in [4.69, 9.17) is 27.9 Å². The van der Waals surface area contributed by atoms with Crippen LogP contribution in [0, 0.1) is 5.82 Å². The first-order valence-corrected chi connectivity index (χ1v) is 6.73. The zero-order valence-electron chi connectivity index (χ0n) is 10.2. The van der Waals surface area contributed by atoms with Crippen LogP contribution in [0.5, 0.6) is 5.75 Å². The second-order valence-corrected chi connectivity index (χ2v) is 4.95. The zero-order chi connectivity index (χ0) is 13.7. The molecular weight excluding hydrogens is 286 g/mol. The molecule has 0 atom stereocenters. The van der Waals surface area contributed by atoms with E-state index in [9.17, 15) is 4.39 Å². The van der Waals surface area contributed by atoms with Crippen molar-refractivity contribution in [3.05, 3.63) is 63.9 Å². The van der Waals surface area contributed by atoms with E-state index in [1.54, 1.807) is 24.3 Å². The average molecular weight is 299 g/mol. The molecule has 19 heavy (non-hydrogen) atoms. The number of hydrogen-bond donors (Lipinski definition) is 0. The predicted molar refractivity (Wildman–Crippen MR) is 76.7 cm³/mol. The minimum Gasteiger partial charge on any atom is -0.490 e. The van der Waals surface area contributed by atoms with E-state index < -0.39 is 0 Å². The van der Waals surface area contributed by atoms with Gasteiger partial charge in [-0.05, 0) is 42.7 Å². The standard InChI is InChI=1S/C15H13Cl2FO/c16-13-7-2-8-14(17)15(13)19-9-3-5-11-4-1-6-12(18)10-11/h1-2,4,6-8,10H,3,5,9H2. The molecule has 0 aliphatic heterocycles. The first-order chi connectivity index (χ1) is 9.16. The lowest BCUT2D eigenvalue weighted by Gasteiger charge is -2.09. The summed E-state index contributed by atoms with van der Waals surface area (Å²) in [6, 6.07) is 11.8. The topological polar surface area (TPSA) is 9.23 Å². The third-order valence-electron chi connectivity index (χ3n) is 2.66. The minimum absolute atomic E-state index is 0.215. The molecular formula is C15H13Cl2FO. The van der Waals surface area contributed by atoms with E-state index in [1.807, 2.05) is 6.07 Å². The van der Waals surface area contributed by atoms with Gasteiger partial charge in [-0.25, -0.2) is 4.39 Å². The van der Waals surface area contributed by atoms with Gasteiger partial charge >= 0.3 is 0 Å². The fraction of sp³-hybridized carbons (Fsp3) is 0.200. The second-order valence-electron chi connectivity index (χ2n) is 4.13. The summed E-state index contributed by atoms with van der Waals surface area (Å²) in [5.74, 6) is 0.289. The molecule has 0 N–H and O–H groups in total. The summed E-state index contributed by atoms with van der Waals surface area (Å²) in [5, 5.41) is 0.997. The third kappa shape index (κ3) is 4.12. The van der Waals surface area contributed by atoms with Gasteiger partial charge in [0.1, 0.15) is 5.82 Å². The van der Waals surface area contributed by atoms with Gasteiger partial charge in [-0.1, -0.05) is 41.4 Å². The van der Waals surface area contributed by atoms with Gasteiger partial charge in [-0.15, -0.1) is 0 Å². The zero-order valence-corrected chi connectivity index (χ0v) is 11.7. The molecule has 2 aromatic rings. The van der Waals surface area contributed by atoms with Crippen molar-refractivity contribution in [2.45, 2.75) is 12.8 Å². The molecule has 0 unspecified atom stereocenters. The van der Waals surface area contributed by atoms with Gasteiger partial charge < -0.3 is 4.74 Å². The smallest absolute Gasteiger partial charge is 0.156 e. The molecule has 0 saturated heterocycles. The van der Waals surface area contributed by atoms with Crippen molar-refractivity contribution in [3.8, 4) is 5.75 Å². The highest BCUT2D eigenvalue weighted by atomic mass is 35.5. The second kappa shape index (κ2) is 6.78. The van der Waals surface area contributed by atoms with Crippen molar-refractivity contribution >= 4 is 23.2 Å². The maximum absolute atomic E-state index is 13.0. The maximum atomic E-state index is 13.0. The molecule has 0 heterocycles. The Labute approximate surface area is 121 Å². The van der Waals surface area contributed by atoms with Crippen molar-refractivity contribution in [1.29, 1.82) is 0 Å².